The Morgan fingerprint density at radius 3 is 2.67 bits per heavy atom. The molecule has 1 atom stereocenters. The summed E-state index contributed by atoms with van der Waals surface area (Å²) in [5, 5.41) is 12.4. The van der Waals surface area contributed by atoms with Gasteiger partial charge < -0.3 is 4.57 Å². The quantitative estimate of drug-likeness (QED) is 0.771. The monoisotopic (exact) mass is 281 g/mol. The van der Waals surface area contributed by atoms with Crippen LogP contribution in [0.5, 0.6) is 0 Å². The highest BCUT2D eigenvalue weighted by atomic mass is 32.2. The van der Waals surface area contributed by atoms with Crippen molar-refractivity contribution < 1.29 is 0 Å². The third-order valence-corrected chi connectivity index (χ3v) is 5.30. The molecule has 3 nitrogen and oxygen atoms in total. The molecule has 5 heteroatoms. The minimum atomic E-state index is 0.552. The lowest BCUT2D eigenvalue weighted by molar-refractivity contribution is 0.631. The number of aromatic nitrogens is 3. The van der Waals surface area contributed by atoms with Crippen molar-refractivity contribution in [2.75, 3.05) is 0 Å². The van der Waals surface area contributed by atoms with E-state index in [0.717, 1.165) is 17.5 Å². The van der Waals surface area contributed by atoms with Gasteiger partial charge in [0, 0.05) is 11.8 Å². The van der Waals surface area contributed by atoms with E-state index in [4.69, 9.17) is 0 Å². The number of thioether (sulfide) groups is 1. The summed E-state index contributed by atoms with van der Waals surface area (Å²) in [6.07, 6.45) is 0. The van der Waals surface area contributed by atoms with E-state index in [9.17, 15) is 0 Å². The Bertz CT molecular complexity index is 488. The Morgan fingerprint density at radius 2 is 2.11 bits per heavy atom. The van der Waals surface area contributed by atoms with Crippen molar-refractivity contribution in [2.45, 2.75) is 44.6 Å². The SMILES string of the molecule is CCn1c(S[C@H](C)C(C)C)nnc1-c1cccs1. The third kappa shape index (κ3) is 2.78. The second-order valence-electron chi connectivity index (χ2n) is 4.59. The van der Waals surface area contributed by atoms with Crippen molar-refractivity contribution in [3.8, 4) is 10.7 Å². The highest BCUT2D eigenvalue weighted by molar-refractivity contribution is 7.99. The Balaban J connectivity index is 2.28. The summed E-state index contributed by atoms with van der Waals surface area (Å²) in [4.78, 5) is 1.19. The molecule has 0 fully saturated rings. The van der Waals surface area contributed by atoms with Crippen LogP contribution in [0.1, 0.15) is 27.7 Å². The second-order valence-corrected chi connectivity index (χ2v) is 6.89. The Labute approximate surface area is 117 Å². The van der Waals surface area contributed by atoms with Crippen molar-refractivity contribution in [2.24, 2.45) is 5.92 Å². The van der Waals surface area contributed by atoms with E-state index in [2.05, 4.69) is 60.0 Å². The van der Waals surface area contributed by atoms with Crippen LogP contribution in [0, 0.1) is 5.92 Å². The summed E-state index contributed by atoms with van der Waals surface area (Å²) >= 11 is 3.53. The number of thiophene rings is 1. The van der Waals surface area contributed by atoms with Crippen LogP contribution in [0.3, 0.4) is 0 Å². The van der Waals surface area contributed by atoms with Gasteiger partial charge in [-0.2, -0.15) is 0 Å². The lowest BCUT2D eigenvalue weighted by atomic mass is 10.2. The number of nitrogens with zero attached hydrogens (tertiary/aromatic N) is 3. The van der Waals surface area contributed by atoms with Gasteiger partial charge in [0.25, 0.3) is 0 Å². The Kier molecular flexibility index (Phi) is 4.45. The molecule has 98 valence electrons. The topological polar surface area (TPSA) is 30.7 Å². The zero-order valence-corrected chi connectivity index (χ0v) is 12.9. The predicted octanol–water partition coefficient (Wildman–Crippen LogP) is 4.16. The maximum atomic E-state index is 4.35. The van der Waals surface area contributed by atoms with Gasteiger partial charge in [0.15, 0.2) is 11.0 Å². The first-order chi connectivity index (χ1) is 8.63. The van der Waals surface area contributed by atoms with Crippen LogP contribution in [-0.2, 0) is 6.54 Å². The van der Waals surface area contributed by atoms with Gasteiger partial charge in [0.2, 0.25) is 0 Å². The number of hydrogen-bond donors (Lipinski definition) is 0. The molecule has 0 saturated heterocycles. The zero-order chi connectivity index (χ0) is 13.1. The van der Waals surface area contributed by atoms with Gasteiger partial charge in [-0.25, -0.2) is 0 Å². The molecule has 0 aliphatic heterocycles. The Morgan fingerprint density at radius 1 is 1.33 bits per heavy atom. The molecule has 2 heterocycles. The molecule has 0 radical (unpaired) electrons. The van der Waals surface area contributed by atoms with Crippen LogP contribution < -0.4 is 0 Å². The van der Waals surface area contributed by atoms with Crippen LogP contribution in [0.25, 0.3) is 10.7 Å². The van der Waals surface area contributed by atoms with Crippen molar-refractivity contribution >= 4 is 23.1 Å². The first kappa shape index (κ1) is 13.6. The predicted molar refractivity (Wildman–Crippen MR) is 79.2 cm³/mol. The standard InChI is InChI=1S/C13H19N3S2/c1-5-16-12(11-7-6-8-17-11)14-15-13(16)18-10(4)9(2)3/h6-10H,5H2,1-4H3/t10-/m1/s1. The molecular weight excluding hydrogens is 262 g/mol. The number of rotatable bonds is 5. The van der Waals surface area contributed by atoms with E-state index in [0.29, 0.717) is 11.2 Å². The summed E-state index contributed by atoms with van der Waals surface area (Å²) in [5.41, 5.74) is 0. The van der Waals surface area contributed by atoms with Gasteiger partial charge in [-0.05, 0) is 24.3 Å². The van der Waals surface area contributed by atoms with E-state index in [-0.39, 0.29) is 0 Å². The van der Waals surface area contributed by atoms with Crippen LogP contribution in [-0.4, -0.2) is 20.0 Å². The van der Waals surface area contributed by atoms with Crippen molar-refractivity contribution in [3.63, 3.8) is 0 Å². The lowest BCUT2D eigenvalue weighted by Crippen LogP contribution is -2.08. The molecule has 0 aliphatic carbocycles. The minimum Gasteiger partial charge on any atom is -0.302 e. The first-order valence-electron chi connectivity index (χ1n) is 6.27. The van der Waals surface area contributed by atoms with E-state index in [1.165, 1.54) is 4.88 Å². The average molecular weight is 281 g/mol. The van der Waals surface area contributed by atoms with Crippen molar-refractivity contribution in [3.05, 3.63) is 17.5 Å². The third-order valence-electron chi connectivity index (χ3n) is 3.00. The van der Waals surface area contributed by atoms with Gasteiger partial charge in [0.05, 0.1) is 4.88 Å². The van der Waals surface area contributed by atoms with Crippen molar-refractivity contribution in [1.29, 1.82) is 0 Å². The molecule has 2 aromatic rings. The van der Waals surface area contributed by atoms with Crippen LogP contribution in [0.15, 0.2) is 22.7 Å². The molecular formula is C13H19N3S2. The van der Waals surface area contributed by atoms with Crippen LogP contribution in [0.2, 0.25) is 0 Å². The van der Waals surface area contributed by atoms with Crippen LogP contribution in [0.4, 0.5) is 0 Å². The molecule has 2 rings (SSSR count). The van der Waals surface area contributed by atoms with Crippen LogP contribution >= 0.6 is 23.1 Å². The molecule has 0 spiro atoms. The highest BCUT2D eigenvalue weighted by Gasteiger charge is 2.17. The van der Waals surface area contributed by atoms with E-state index in [1.807, 2.05) is 11.8 Å². The average Bonchev–Trinajstić information content (AvgIpc) is 2.96. The second kappa shape index (κ2) is 5.89. The smallest absolute Gasteiger partial charge is 0.191 e. The van der Waals surface area contributed by atoms with Gasteiger partial charge in [-0.3, -0.25) is 0 Å². The zero-order valence-electron chi connectivity index (χ0n) is 11.3. The Hall–Kier alpha value is -0.810. The molecule has 0 bridgehead atoms. The van der Waals surface area contributed by atoms with E-state index in [1.54, 1.807) is 11.3 Å². The minimum absolute atomic E-state index is 0.552. The number of hydrogen-bond acceptors (Lipinski definition) is 4. The molecule has 0 N–H and O–H groups in total. The van der Waals surface area contributed by atoms with Gasteiger partial charge in [-0.15, -0.1) is 21.5 Å². The molecule has 0 aliphatic rings. The highest BCUT2D eigenvalue weighted by Crippen LogP contribution is 2.30. The fraction of sp³-hybridized carbons (Fsp3) is 0.538. The van der Waals surface area contributed by atoms with Crippen molar-refractivity contribution in [1.82, 2.24) is 14.8 Å². The van der Waals surface area contributed by atoms with E-state index >= 15 is 0 Å². The maximum absolute atomic E-state index is 4.35. The van der Waals surface area contributed by atoms with Gasteiger partial charge >= 0.3 is 0 Å². The van der Waals surface area contributed by atoms with E-state index < -0.39 is 0 Å². The van der Waals surface area contributed by atoms with Gasteiger partial charge in [-0.1, -0.05) is 38.6 Å². The summed E-state index contributed by atoms with van der Waals surface area (Å²) in [5.74, 6) is 1.63. The molecule has 0 amide bonds. The largest absolute Gasteiger partial charge is 0.302 e. The molecule has 2 aromatic heterocycles. The fourth-order valence-corrected chi connectivity index (χ4v) is 3.30. The maximum Gasteiger partial charge on any atom is 0.191 e. The molecule has 18 heavy (non-hydrogen) atoms. The molecule has 0 unspecified atom stereocenters. The fourth-order valence-electron chi connectivity index (χ4n) is 1.55. The summed E-state index contributed by atoms with van der Waals surface area (Å²) in [7, 11) is 0. The van der Waals surface area contributed by atoms with Gasteiger partial charge in [0.1, 0.15) is 0 Å². The normalized spacial score (nSPS) is 13.2. The first-order valence-corrected chi connectivity index (χ1v) is 8.03. The summed E-state index contributed by atoms with van der Waals surface area (Å²) < 4.78 is 2.20. The summed E-state index contributed by atoms with van der Waals surface area (Å²) in [6, 6.07) is 4.15. The summed E-state index contributed by atoms with van der Waals surface area (Å²) in [6.45, 7) is 9.78. The lowest BCUT2D eigenvalue weighted by Gasteiger charge is -2.14. The molecule has 0 aromatic carbocycles. The molecule has 0 saturated carbocycles.